The van der Waals surface area contributed by atoms with Crippen LogP contribution in [0.25, 0.3) is 11.0 Å². The lowest BCUT2D eigenvalue weighted by Crippen LogP contribution is -2.29. The molecule has 0 radical (unpaired) electrons. The molecule has 1 aromatic heterocycles. The molecule has 0 fully saturated rings. The van der Waals surface area contributed by atoms with Crippen molar-refractivity contribution in [3.63, 3.8) is 0 Å². The Morgan fingerprint density at radius 3 is 2.56 bits per heavy atom. The first-order chi connectivity index (χ1) is 18.9. The lowest BCUT2D eigenvalue weighted by molar-refractivity contribution is 0.0714. The Balaban J connectivity index is 1.60. The number of aryl methyl sites for hydroxylation is 1. The van der Waals surface area contributed by atoms with E-state index in [0.717, 1.165) is 36.0 Å². The minimum Gasteiger partial charge on any atom is -0.493 e. The van der Waals surface area contributed by atoms with Gasteiger partial charge < -0.3 is 18.8 Å². The number of hydrogen-bond acceptors (Lipinski definition) is 5. The summed E-state index contributed by atoms with van der Waals surface area (Å²) in [4.78, 5) is 29.3. The Morgan fingerprint density at radius 1 is 0.974 bits per heavy atom. The van der Waals surface area contributed by atoms with Gasteiger partial charge in [0.2, 0.25) is 5.76 Å². The number of nitrogens with zero attached hydrogens (tertiary/aromatic N) is 1. The topological polar surface area (TPSA) is 69.0 Å². The maximum Gasteiger partial charge on any atom is 0.291 e. The molecule has 0 saturated heterocycles. The molecular formula is C32H32ClNO5. The molecule has 0 aliphatic carbocycles. The van der Waals surface area contributed by atoms with Crippen LogP contribution in [0.1, 0.15) is 71.5 Å². The summed E-state index contributed by atoms with van der Waals surface area (Å²) >= 11 is 6.48. The minimum atomic E-state index is -0.683. The zero-order valence-corrected chi connectivity index (χ0v) is 23.2. The number of benzene rings is 3. The van der Waals surface area contributed by atoms with Crippen LogP contribution >= 0.6 is 11.6 Å². The number of carbonyl (C=O) groups excluding carboxylic acids is 1. The maximum atomic E-state index is 13.9. The molecule has 0 spiro atoms. The number of amides is 1. The van der Waals surface area contributed by atoms with Crippen molar-refractivity contribution in [2.75, 3.05) is 13.7 Å². The zero-order valence-electron chi connectivity index (χ0n) is 22.5. The third-order valence-electron chi connectivity index (χ3n) is 7.18. The van der Waals surface area contributed by atoms with Gasteiger partial charge in [-0.1, -0.05) is 73.7 Å². The summed E-state index contributed by atoms with van der Waals surface area (Å²) in [6.07, 6.45) is 4.40. The predicted octanol–water partition coefficient (Wildman–Crippen LogP) is 7.47. The summed E-state index contributed by atoms with van der Waals surface area (Å²) in [6.45, 7) is 4.90. The zero-order chi connectivity index (χ0) is 27.5. The molecule has 202 valence electrons. The number of rotatable bonds is 10. The summed E-state index contributed by atoms with van der Waals surface area (Å²) < 4.78 is 17.8. The number of halogens is 1. The van der Waals surface area contributed by atoms with Crippen molar-refractivity contribution in [3.8, 4) is 11.5 Å². The van der Waals surface area contributed by atoms with Crippen LogP contribution < -0.4 is 14.9 Å². The fourth-order valence-electron chi connectivity index (χ4n) is 5.14. The van der Waals surface area contributed by atoms with E-state index in [2.05, 4.69) is 6.92 Å². The van der Waals surface area contributed by atoms with Crippen LogP contribution in [0, 0.1) is 6.92 Å². The van der Waals surface area contributed by atoms with Crippen molar-refractivity contribution in [3.05, 3.63) is 104 Å². The van der Waals surface area contributed by atoms with Crippen LogP contribution in [0.3, 0.4) is 0 Å². The molecule has 6 nitrogen and oxygen atoms in total. The van der Waals surface area contributed by atoms with E-state index >= 15 is 0 Å². The highest BCUT2D eigenvalue weighted by molar-refractivity contribution is 6.31. The van der Waals surface area contributed by atoms with Gasteiger partial charge in [-0.2, -0.15) is 0 Å². The molecule has 1 aliphatic heterocycles. The van der Waals surface area contributed by atoms with E-state index in [9.17, 15) is 9.59 Å². The van der Waals surface area contributed by atoms with Crippen LogP contribution in [0.5, 0.6) is 11.5 Å². The van der Waals surface area contributed by atoms with Crippen LogP contribution in [0.4, 0.5) is 0 Å². The highest BCUT2D eigenvalue weighted by Gasteiger charge is 2.43. The predicted molar refractivity (Wildman–Crippen MR) is 153 cm³/mol. The number of carbonyl (C=O) groups is 1. The molecule has 1 atom stereocenters. The summed E-state index contributed by atoms with van der Waals surface area (Å²) in [5, 5.41) is 0.995. The molecule has 1 amide bonds. The van der Waals surface area contributed by atoms with Crippen LogP contribution in [-0.4, -0.2) is 24.5 Å². The average molecular weight is 546 g/mol. The number of methoxy groups -OCH3 is 1. The lowest BCUT2D eigenvalue weighted by atomic mass is 9.97. The first kappa shape index (κ1) is 26.8. The van der Waals surface area contributed by atoms with Gasteiger partial charge in [0.25, 0.3) is 5.91 Å². The third kappa shape index (κ3) is 5.26. The van der Waals surface area contributed by atoms with E-state index in [1.54, 1.807) is 30.2 Å². The van der Waals surface area contributed by atoms with Gasteiger partial charge in [-0.25, -0.2) is 0 Å². The van der Waals surface area contributed by atoms with Gasteiger partial charge in [0, 0.05) is 11.6 Å². The third-order valence-corrected chi connectivity index (χ3v) is 7.55. The van der Waals surface area contributed by atoms with Gasteiger partial charge in [-0.15, -0.1) is 0 Å². The second-order valence-corrected chi connectivity index (χ2v) is 10.3. The molecule has 1 unspecified atom stereocenters. The molecule has 4 aromatic rings. The second-order valence-electron chi connectivity index (χ2n) is 9.92. The smallest absolute Gasteiger partial charge is 0.291 e. The Bertz CT molecular complexity index is 1580. The standard InChI is InChI=1S/C32H32ClNO5/c1-4-5-6-9-16-38-26-15-13-21(18-27(26)37-3)29-28-30(35)23-17-20(2)12-14-25(23)39-31(28)32(36)34(29)19-22-10-7-8-11-24(22)33/h7-8,10-15,17-18,29H,4-6,9,16,19H2,1-3H3. The van der Waals surface area contributed by atoms with Crippen LogP contribution in [-0.2, 0) is 6.54 Å². The van der Waals surface area contributed by atoms with E-state index in [4.69, 9.17) is 25.5 Å². The maximum absolute atomic E-state index is 13.9. The number of hydrogen-bond donors (Lipinski definition) is 0. The highest BCUT2D eigenvalue weighted by atomic mass is 35.5. The van der Waals surface area contributed by atoms with E-state index in [1.807, 2.05) is 49.4 Å². The lowest BCUT2D eigenvalue weighted by Gasteiger charge is -2.26. The van der Waals surface area contributed by atoms with Gasteiger partial charge in [0.1, 0.15) is 5.58 Å². The molecule has 1 aliphatic rings. The van der Waals surface area contributed by atoms with Crippen molar-refractivity contribution in [2.24, 2.45) is 0 Å². The fraction of sp³-hybridized carbons (Fsp3) is 0.312. The van der Waals surface area contributed by atoms with Crippen molar-refractivity contribution in [1.82, 2.24) is 4.90 Å². The molecule has 5 rings (SSSR count). The monoisotopic (exact) mass is 545 g/mol. The normalized spacial score (nSPS) is 14.6. The van der Waals surface area contributed by atoms with E-state index in [1.165, 1.54) is 6.42 Å². The van der Waals surface area contributed by atoms with E-state index in [-0.39, 0.29) is 23.6 Å². The summed E-state index contributed by atoms with van der Waals surface area (Å²) in [6, 6.07) is 17.7. The van der Waals surface area contributed by atoms with Gasteiger partial charge >= 0.3 is 0 Å². The molecule has 39 heavy (non-hydrogen) atoms. The molecule has 7 heteroatoms. The number of unbranched alkanes of at least 4 members (excludes halogenated alkanes) is 3. The molecule has 0 bridgehead atoms. The van der Waals surface area contributed by atoms with Crippen molar-refractivity contribution < 1.29 is 18.7 Å². The first-order valence-electron chi connectivity index (χ1n) is 13.4. The Hall–Kier alpha value is -3.77. The van der Waals surface area contributed by atoms with Crippen LogP contribution in [0.15, 0.2) is 69.9 Å². The van der Waals surface area contributed by atoms with Crippen molar-refractivity contribution >= 4 is 28.5 Å². The molecular weight excluding hydrogens is 514 g/mol. The fourth-order valence-corrected chi connectivity index (χ4v) is 5.33. The largest absolute Gasteiger partial charge is 0.493 e. The summed E-state index contributed by atoms with van der Waals surface area (Å²) in [5.41, 5.74) is 2.93. The Morgan fingerprint density at radius 2 is 1.79 bits per heavy atom. The number of fused-ring (bicyclic) bond motifs is 2. The van der Waals surface area contributed by atoms with Gasteiger partial charge in [0.05, 0.1) is 30.7 Å². The average Bonchev–Trinajstić information content (AvgIpc) is 3.21. The van der Waals surface area contributed by atoms with Crippen molar-refractivity contribution in [1.29, 1.82) is 0 Å². The van der Waals surface area contributed by atoms with Crippen LogP contribution in [0.2, 0.25) is 5.02 Å². The van der Waals surface area contributed by atoms with E-state index < -0.39 is 6.04 Å². The highest BCUT2D eigenvalue weighted by Crippen LogP contribution is 2.42. The van der Waals surface area contributed by atoms with Gasteiger partial charge in [0.15, 0.2) is 16.9 Å². The second kappa shape index (κ2) is 11.5. The van der Waals surface area contributed by atoms with Crippen molar-refractivity contribution in [2.45, 2.75) is 52.1 Å². The quantitative estimate of drug-likeness (QED) is 0.193. The Kier molecular flexibility index (Phi) is 7.94. The Labute approximate surface area is 233 Å². The van der Waals surface area contributed by atoms with Gasteiger partial charge in [-0.05, 0) is 54.8 Å². The molecule has 0 N–H and O–H groups in total. The molecule has 0 saturated carbocycles. The molecule has 3 aromatic carbocycles. The number of ether oxygens (including phenoxy) is 2. The minimum absolute atomic E-state index is 0.0589. The summed E-state index contributed by atoms with van der Waals surface area (Å²) in [5.74, 6) is 0.872. The first-order valence-corrected chi connectivity index (χ1v) is 13.7. The summed E-state index contributed by atoms with van der Waals surface area (Å²) in [7, 11) is 1.59. The SMILES string of the molecule is CCCCCCOc1ccc(C2c3c(oc4ccc(C)cc4c3=O)C(=O)N2Cc2ccccc2Cl)cc1OC. The van der Waals surface area contributed by atoms with Gasteiger partial charge in [-0.3, -0.25) is 9.59 Å². The van der Waals surface area contributed by atoms with E-state index in [0.29, 0.717) is 39.7 Å². The molecule has 2 heterocycles.